The second-order valence-electron chi connectivity index (χ2n) is 15.5. The maximum Gasteiger partial charge on any atom is 0.0468 e. The summed E-state index contributed by atoms with van der Waals surface area (Å²) in [5, 5.41) is 8.85. The van der Waals surface area contributed by atoms with Crippen LogP contribution < -0.4 is 10.2 Å². The molecule has 52 heavy (non-hydrogen) atoms. The van der Waals surface area contributed by atoms with E-state index in [1.807, 2.05) is 0 Å². The van der Waals surface area contributed by atoms with Gasteiger partial charge < -0.3 is 10.2 Å². The molecule has 10 rings (SSSR count). The number of benzene rings is 8. The van der Waals surface area contributed by atoms with Crippen molar-refractivity contribution < 1.29 is 0 Å². The van der Waals surface area contributed by atoms with Crippen molar-refractivity contribution in [2.45, 2.75) is 38.5 Å². The van der Waals surface area contributed by atoms with E-state index in [4.69, 9.17) is 0 Å². The summed E-state index contributed by atoms with van der Waals surface area (Å²) in [5.74, 6) is 0. The minimum Gasteiger partial charge on any atom is -0.356 e. The van der Waals surface area contributed by atoms with Crippen LogP contribution in [0.2, 0.25) is 0 Å². The van der Waals surface area contributed by atoms with E-state index in [1.54, 1.807) is 0 Å². The number of nitrogens with zero attached hydrogens (tertiary/aromatic N) is 1. The number of hydrogen-bond donors (Lipinski definition) is 1. The van der Waals surface area contributed by atoms with E-state index in [2.05, 4.69) is 202 Å². The van der Waals surface area contributed by atoms with Crippen molar-refractivity contribution in [3.63, 3.8) is 0 Å². The van der Waals surface area contributed by atoms with Gasteiger partial charge in [-0.2, -0.15) is 0 Å². The molecule has 0 amide bonds. The summed E-state index contributed by atoms with van der Waals surface area (Å²) in [5.41, 5.74) is 16.4. The monoisotopic (exact) mass is 668 g/mol. The van der Waals surface area contributed by atoms with Gasteiger partial charge in [-0.25, -0.2) is 0 Å². The Hall–Kier alpha value is -6.12. The molecular formula is C50H40N2. The number of rotatable bonds is 5. The van der Waals surface area contributed by atoms with Crippen LogP contribution >= 0.6 is 0 Å². The van der Waals surface area contributed by atoms with Crippen molar-refractivity contribution in [3.8, 4) is 22.3 Å². The molecule has 0 fully saturated rings. The second-order valence-corrected chi connectivity index (χ2v) is 15.5. The summed E-state index contributed by atoms with van der Waals surface area (Å²) < 4.78 is 0. The Kier molecular flexibility index (Phi) is 6.60. The van der Waals surface area contributed by atoms with E-state index in [9.17, 15) is 0 Å². The van der Waals surface area contributed by atoms with Gasteiger partial charge in [-0.1, -0.05) is 119 Å². The van der Waals surface area contributed by atoms with Crippen LogP contribution in [0, 0.1) is 0 Å². The Morgan fingerprint density at radius 2 is 0.962 bits per heavy atom. The highest BCUT2D eigenvalue weighted by atomic mass is 15.1. The smallest absolute Gasteiger partial charge is 0.0468 e. The lowest BCUT2D eigenvalue weighted by Gasteiger charge is -2.28. The molecule has 0 unspecified atom stereocenters. The molecule has 2 heteroatoms. The Labute approximate surface area is 306 Å². The zero-order valence-electron chi connectivity index (χ0n) is 30.0. The number of para-hydroxylation sites is 3. The SMILES string of the molecule is CC1(C)c2ccccc2-c2cc3c(cc21)-c1c(c2cc(N(c4ccccc4)c4ccccc4)ccc2c2ccc(Nc4ccccc4)cc12)C3(C)C. The molecule has 8 aromatic carbocycles. The molecule has 0 heterocycles. The summed E-state index contributed by atoms with van der Waals surface area (Å²) in [7, 11) is 0. The lowest BCUT2D eigenvalue weighted by atomic mass is 9.78. The number of hydrogen-bond acceptors (Lipinski definition) is 2. The van der Waals surface area contributed by atoms with Gasteiger partial charge in [-0.3, -0.25) is 0 Å². The van der Waals surface area contributed by atoms with Crippen LogP contribution in [0.15, 0.2) is 164 Å². The Balaban J connectivity index is 1.27. The zero-order valence-corrected chi connectivity index (χ0v) is 30.0. The topological polar surface area (TPSA) is 15.3 Å². The first kappa shape index (κ1) is 30.7. The minimum atomic E-state index is -0.236. The molecule has 250 valence electrons. The highest BCUT2D eigenvalue weighted by Gasteiger charge is 2.43. The normalized spacial score (nSPS) is 14.5. The first-order chi connectivity index (χ1) is 25.3. The van der Waals surface area contributed by atoms with E-state index >= 15 is 0 Å². The molecule has 0 spiro atoms. The van der Waals surface area contributed by atoms with Crippen LogP contribution in [-0.4, -0.2) is 0 Å². The van der Waals surface area contributed by atoms with E-state index in [0.29, 0.717) is 0 Å². The van der Waals surface area contributed by atoms with E-state index in [1.165, 1.54) is 66.1 Å². The average Bonchev–Trinajstić information content (AvgIpc) is 3.55. The summed E-state index contributed by atoms with van der Waals surface area (Å²) in [6, 6.07) is 60.1. The molecule has 0 saturated carbocycles. The highest BCUT2D eigenvalue weighted by Crippen LogP contribution is 2.59. The fourth-order valence-corrected chi connectivity index (χ4v) is 9.27. The maximum absolute atomic E-state index is 3.70. The van der Waals surface area contributed by atoms with Crippen molar-refractivity contribution in [1.82, 2.24) is 0 Å². The predicted octanol–water partition coefficient (Wildman–Crippen LogP) is 13.8. The van der Waals surface area contributed by atoms with E-state index in [-0.39, 0.29) is 10.8 Å². The third kappa shape index (κ3) is 4.43. The van der Waals surface area contributed by atoms with Gasteiger partial charge in [0, 0.05) is 39.3 Å². The van der Waals surface area contributed by atoms with Crippen molar-refractivity contribution in [1.29, 1.82) is 0 Å². The summed E-state index contributed by atoms with van der Waals surface area (Å²) in [6.07, 6.45) is 0. The zero-order chi connectivity index (χ0) is 35.2. The third-order valence-electron chi connectivity index (χ3n) is 11.7. The molecule has 2 aliphatic rings. The first-order valence-corrected chi connectivity index (χ1v) is 18.4. The molecule has 2 nitrogen and oxygen atoms in total. The molecule has 0 saturated heterocycles. The minimum absolute atomic E-state index is 0.0838. The first-order valence-electron chi connectivity index (χ1n) is 18.4. The molecule has 0 aromatic heterocycles. The molecule has 0 atom stereocenters. The molecular weight excluding hydrogens is 629 g/mol. The summed E-state index contributed by atoms with van der Waals surface area (Å²) in [6.45, 7) is 9.65. The van der Waals surface area contributed by atoms with Gasteiger partial charge in [0.1, 0.15) is 0 Å². The van der Waals surface area contributed by atoms with Crippen LogP contribution in [0.25, 0.3) is 43.8 Å². The van der Waals surface area contributed by atoms with Gasteiger partial charge in [0.15, 0.2) is 0 Å². The van der Waals surface area contributed by atoms with Crippen LogP contribution in [0.4, 0.5) is 28.4 Å². The second kappa shape index (κ2) is 11.2. The lowest BCUT2D eigenvalue weighted by Crippen LogP contribution is -2.17. The molecule has 1 N–H and O–H groups in total. The van der Waals surface area contributed by atoms with E-state index < -0.39 is 0 Å². The number of nitrogens with one attached hydrogen (secondary N) is 1. The standard InChI is InChI=1S/C50H40N2/c1-49(2)44-23-15-14-22-39(44)40-30-46-43(31-45(40)49)47-41-28-33(51-32-16-8-5-9-17-32)24-26-37(41)38-27-25-36(29-42(38)48(47)50(46,3)4)52(34-18-10-6-11-19-34)35-20-12-7-13-21-35/h5-31,51H,1-4H3. The Bertz CT molecular complexity index is 2650. The highest BCUT2D eigenvalue weighted by molar-refractivity contribution is 6.20. The van der Waals surface area contributed by atoms with Crippen LogP contribution in [0.1, 0.15) is 49.9 Å². The number of anilines is 5. The van der Waals surface area contributed by atoms with E-state index in [0.717, 1.165) is 28.4 Å². The van der Waals surface area contributed by atoms with Gasteiger partial charge in [0.2, 0.25) is 0 Å². The van der Waals surface area contributed by atoms with Crippen LogP contribution in [-0.2, 0) is 10.8 Å². The van der Waals surface area contributed by atoms with Crippen molar-refractivity contribution >= 4 is 50.0 Å². The quantitative estimate of drug-likeness (QED) is 0.184. The fourth-order valence-electron chi connectivity index (χ4n) is 9.27. The largest absolute Gasteiger partial charge is 0.356 e. The van der Waals surface area contributed by atoms with Gasteiger partial charge in [-0.15, -0.1) is 0 Å². The molecule has 2 aliphatic carbocycles. The number of fused-ring (bicyclic) bond motifs is 11. The third-order valence-corrected chi connectivity index (χ3v) is 11.7. The fraction of sp³-hybridized carbons (Fsp3) is 0.120. The molecule has 0 radical (unpaired) electrons. The predicted molar refractivity (Wildman–Crippen MR) is 221 cm³/mol. The summed E-state index contributed by atoms with van der Waals surface area (Å²) >= 11 is 0. The van der Waals surface area contributed by atoms with Crippen LogP contribution in [0.5, 0.6) is 0 Å². The van der Waals surface area contributed by atoms with Gasteiger partial charge in [-0.05, 0) is 139 Å². The van der Waals surface area contributed by atoms with Gasteiger partial charge >= 0.3 is 0 Å². The van der Waals surface area contributed by atoms with Gasteiger partial charge in [0.25, 0.3) is 0 Å². The Morgan fingerprint density at radius 1 is 0.385 bits per heavy atom. The summed E-state index contributed by atoms with van der Waals surface area (Å²) in [4.78, 5) is 2.38. The van der Waals surface area contributed by atoms with Crippen molar-refractivity contribution in [2.24, 2.45) is 0 Å². The average molecular weight is 669 g/mol. The lowest BCUT2D eigenvalue weighted by molar-refractivity contribution is 0.654. The van der Waals surface area contributed by atoms with Crippen LogP contribution in [0.3, 0.4) is 0 Å². The van der Waals surface area contributed by atoms with Crippen molar-refractivity contribution in [2.75, 3.05) is 10.2 Å². The molecule has 0 aliphatic heterocycles. The van der Waals surface area contributed by atoms with Crippen molar-refractivity contribution in [3.05, 3.63) is 186 Å². The molecule has 0 bridgehead atoms. The Morgan fingerprint density at radius 3 is 1.67 bits per heavy atom. The van der Waals surface area contributed by atoms with Gasteiger partial charge in [0.05, 0.1) is 0 Å². The molecule has 8 aromatic rings. The maximum atomic E-state index is 3.70.